The number of carbonyl (C=O) groups is 1. The average Bonchev–Trinajstić information content (AvgIpc) is 3.79. The Bertz CT molecular complexity index is 1720. The van der Waals surface area contributed by atoms with E-state index in [-0.39, 0.29) is 35.5 Å². The van der Waals surface area contributed by atoms with Crippen molar-refractivity contribution in [3.05, 3.63) is 64.8 Å². The van der Waals surface area contributed by atoms with Gasteiger partial charge >= 0.3 is 6.01 Å². The lowest BCUT2D eigenvalue weighted by atomic mass is 9.96. The van der Waals surface area contributed by atoms with Crippen molar-refractivity contribution in [2.24, 2.45) is 5.41 Å². The maximum atomic E-state index is 14.7. The van der Waals surface area contributed by atoms with Crippen LogP contribution in [0.3, 0.4) is 0 Å². The number of hydrogen-bond donors (Lipinski definition) is 0. The highest BCUT2D eigenvalue weighted by atomic mass is 35.5. The number of anilines is 2. The molecular formula is C34H38ClF2N7O2. The number of hydrogen-bond acceptors (Lipinski definition) is 8. The van der Waals surface area contributed by atoms with Gasteiger partial charge in [0.25, 0.3) is 5.91 Å². The summed E-state index contributed by atoms with van der Waals surface area (Å²) in [6.07, 6.45) is 2.76. The van der Waals surface area contributed by atoms with Crippen molar-refractivity contribution in [1.82, 2.24) is 19.8 Å². The number of carbonyl (C=O) groups excluding carboxylic acids is 1. The van der Waals surface area contributed by atoms with Crippen LogP contribution in [0.2, 0.25) is 5.02 Å². The highest BCUT2D eigenvalue weighted by molar-refractivity contribution is 6.36. The third kappa shape index (κ3) is 6.20. The fraction of sp³-hybridized carbons (Fsp3) is 0.471. The van der Waals surface area contributed by atoms with E-state index in [1.165, 1.54) is 11.0 Å². The zero-order valence-corrected chi connectivity index (χ0v) is 27.2. The molecule has 0 radical (unpaired) electrons. The molecule has 3 aromatic rings. The molecule has 3 aliphatic rings. The Labute approximate surface area is 273 Å². The predicted molar refractivity (Wildman–Crippen MR) is 174 cm³/mol. The first kappa shape index (κ1) is 32.0. The molecular weight excluding hydrogens is 612 g/mol. The zero-order valence-electron chi connectivity index (χ0n) is 26.4. The normalized spacial score (nSPS) is 20.4. The van der Waals surface area contributed by atoms with Gasteiger partial charge in [0.05, 0.1) is 42.4 Å². The molecule has 0 spiro atoms. The maximum Gasteiger partial charge on any atom is 0.318 e. The highest BCUT2D eigenvalue weighted by Crippen LogP contribution is 2.46. The maximum absolute atomic E-state index is 14.7. The first-order valence-electron chi connectivity index (χ1n) is 15.6. The predicted octanol–water partition coefficient (Wildman–Crippen LogP) is 5.51. The summed E-state index contributed by atoms with van der Waals surface area (Å²) in [5.74, 6) is -1.61. The molecule has 2 aliphatic heterocycles. The molecule has 1 saturated carbocycles. The van der Waals surface area contributed by atoms with Crippen LogP contribution in [0.5, 0.6) is 6.01 Å². The second-order valence-corrected chi connectivity index (χ2v) is 13.4. The van der Waals surface area contributed by atoms with Crippen molar-refractivity contribution in [1.29, 1.82) is 5.26 Å². The van der Waals surface area contributed by atoms with Gasteiger partial charge in [-0.1, -0.05) is 36.4 Å². The highest BCUT2D eigenvalue weighted by Gasteiger charge is 2.44. The van der Waals surface area contributed by atoms with E-state index in [0.717, 1.165) is 41.7 Å². The first-order chi connectivity index (χ1) is 22.0. The number of rotatable bonds is 9. The zero-order chi connectivity index (χ0) is 32.7. The molecule has 12 heteroatoms. The molecule has 2 aromatic carbocycles. The molecule has 46 heavy (non-hydrogen) atoms. The fourth-order valence-electron chi connectivity index (χ4n) is 6.90. The van der Waals surface area contributed by atoms with E-state index in [2.05, 4.69) is 48.4 Å². The molecule has 0 bridgehead atoms. The van der Waals surface area contributed by atoms with Crippen molar-refractivity contribution in [2.75, 3.05) is 56.7 Å². The number of nitriles is 1. The monoisotopic (exact) mass is 649 g/mol. The van der Waals surface area contributed by atoms with Gasteiger partial charge in [-0.2, -0.15) is 15.2 Å². The molecule has 1 aromatic heterocycles. The number of fused-ring (bicyclic) bond motifs is 2. The minimum atomic E-state index is -1.04. The standard InChI is InChI=1S/C34H38ClF2N7O2/c1-21-16-25-27(18-44(21)28-7-5-6-23-8-9-26(37)30(35)29(23)28)39-33(46-20-34(11-12-34)19-41(3)4)40-31(25)42-14-15-43(32(45)22(2)36)24(17-42)10-13-38/h5-9,21,24H,2,10-12,14-20H2,1,3-4H3/t21-,24?/m0/s1. The van der Waals surface area contributed by atoms with Crippen molar-refractivity contribution < 1.29 is 18.3 Å². The van der Waals surface area contributed by atoms with Gasteiger partial charge in [0, 0.05) is 54.3 Å². The minimum Gasteiger partial charge on any atom is -0.463 e. The summed E-state index contributed by atoms with van der Waals surface area (Å²) in [6.45, 7) is 7.99. The Morgan fingerprint density at radius 3 is 2.72 bits per heavy atom. The number of benzene rings is 2. The smallest absolute Gasteiger partial charge is 0.318 e. The number of piperazine rings is 1. The molecule has 1 unspecified atom stereocenters. The number of halogens is 3. The lowest BCUT2D eigenvalue weighted by Crippen LogP contribution is -2.56. The molecule has 1 amide bonds. The fourth-order valence-corrected chi connectivity index (χ4v) is 7.17. The number of aromatic nitrogens is 2. The Balaban J connectivity index is 1.38. The Morgan fingerprint density at radius 1 is 1.24 bits per heavy atom. The number of amides is 1. The van der Waals surface area contributed by atoms with Crippen LogP contribution < -0.4 is 14.5 Å². The Morgan fingerprint density at radius 2 is 2.02 bits per heavy atom. The van der Waals surface area contributed by atoms with Crippen LogP contribution in [-0.4, -0.2) is 84.6 Å². The van der Waals surface area contributed by atoms with E-state index < -0.39 is 23.6 Å². The molecule has 1 saturated heterocycles. The quantitative estimate of drug-likeness (QED) is 0.281. The van der Waals surface area contributed by atoms with Crippen LogP contribution in [-0.2, 0) is 17.8 Å². The second-order valence-electron chi connectivity index (χ2n) is 13.1. The summed E-state index contributed by atoms with van der Waals surface area (Å²) < 4.78 is 34.8. The SMILES string of the molecule is C=C(F)C(=O)N1CCN(c2nc(OCC3(CN(C)C)CC3)nc3c2C[C@H](C)N(c2cccc4ccc(F)c(Cl)c24)C3)CC1CC#N. The molecule has 3 heterocycles. The van der Waals surface area contributed by atoms with Crippen molar-refractivity contribution in [2.45, 2.75) is 51.2 Å². The molecule has 9 nitrogen and oxygen atoms in total. The van der Waals surface area contributed by atoms with E-state index >= 15 is 0 Å². The molecule has 2 atom stereocenters. The summed E-state index contributed by atoms with van der Waals surface area (Å²) in [7, 11) is 4.10. The van der Waals surface area contributed by atoms with E-state index in [4.69, 9.17) is 26.3 Å². The van der Waals surface area contributed by atoms with Crippen LogP contribution in [0.25, 0.3) is 10.8 Å². The number of ether oxygens (including phenoxy) is 1. The molecule has 242 valence electrons. The van der Waals surface area contributed by atoms with E-state index in [1.807, 2.05) is 18.2 Å². The summed E-state index contributed by atoms with van der Waals surface area (Å²) in [4.78, 5) is 30.2. The minimum absolute atomic E-state index is 0.0194. The Hall–Kier alpha value is -4.01. The molecule has 2 fully saturated rings. The van der Waals surface area contributed by atoms with Gasteiger partial charge in [0.15, 0.2) is 5.83 Å². The second kappa shape index (κ2) is 12.6. The average molecular weight is 650 g/mol. The van der Waals surface area contributed by atoms with Crippen LogP contribution in [0, 0.1) is 22.6 Å². The summed E-state index contributed by atoms with van der Waals surface area (Å²) >= 11 is 6.53. The van der Waals surface area contributed by atoms with Gasteiger partial charge in [-0.25, -0.2) is 8.78 Å². The summed E-state index contributed by atoms with van der Waals surface area (Å²) in [6, 6.07) is 10.8. The van der Waals surface area contributed by atoms with Crippen molar-refractivity contribution in [3.8, 4) is 12.1 Å². The molecule has 6 rings (SSSR count). The largest absolute Gasteiger partial charge is 0.463 e. The van der Waals surface area contributed by atoms with Gasteiger partial charge in [-0.05, 0) is 57.8 Å². The third-order valence-corrected chi connectivity index (χ3v) is 9.71. The first-order valence-corrected chi connectivity index (χ1v) is 16.0. The van der Waals surface area contributed by atoms with E-state index in [1.54, 1.807) is 6.07 Å². The van der Waals surface area contributed by atoms with E-state index in [9.17, 15) is 18.8 Å². The molecule has 1 aliphatic carbocycles. The van der Waals surface area contributed by atoms with Gasteiger partial charge in [0.2, 0.25) is 0 Å². The lowest BCUT2D eigenvalue weighted by Gasteiger charge is -2.43. The van der Waals surface area contributed by atoms with Crippen LogP contribution >= 0.6 is 11.6 Å². The van der Waals surface area contributed by atoms with Gasteiger partial charge in [-0.15, -0.1) is 0 Å². The molecule has 0 N–H and O–H groups in total. The van der Waals surface area contributed by atoms with E-state index in [0.29, 0.717) is 43.9 Å². The van der Waals surface area contributed by atoms with Crippen LogP contribution in [0.15, 0.2) is 42.7 Å². The topological polar surface area (TPSA) is 88.8 Å². The number of nitrogens with zero attached hydrogens (tertiary/aromatic N) is 7. The Kier molecular flexibility index (Phi) is 8.79. The van der Waals surface area contributed by atoms with Gasteiger partial charge < -0.3 is 24.3 Å². The van der Waals surface area contributed by atoms with Crippen LogP contribution in [0.4, 0.5) is 20.3 Å². The van der Waals surface area contributed by atoms with Crippen molar-refractivity contribution >= 4 is 39.8 Å². The lowest BCUT2D eigenvalue weighted by molar-refractivity contribution is -0.131. The summed E-state index contributed by atoms with van der Waals surface area (Å²) in [5.41, 5.74) is 2.62. The van der Waals surface area contributed by atoms with Gasteiger partial charge in [-0.3, -0.25) is 4.79 Å². The van der Waals surface area contributed by atoms with Crippen molar-refractivity contribution in [3.63, 3.8) is 0 Å². The van der Waals surface area contributed by atoms with Crippen LogP contribution in [0.1, 0.15) is 37.4 Å². The van der Waals surface area contributed by atoms with Gasteiger partial charge in [0.1, 0.15) is 11.6 Å². The summed E-state index contributed by atoms with van der Waals surface area (Å²) in [5, 5.41) is 11.1. The third-order valence-electron chi connectivity index (χ3n) is 9.34.